The lowest BCUT2D eigenvalue weighted by atomic mass is 10.0. The summed E-state index contributed by atoms with van der Waals surface area (Å²) < 4.78 is 5.43. The molecule has 0 unspecified atom stereocenters. The smallest absolute Gasteiger partial charge is 0.123 e. The number of rotatable bonds is 5. The van der Waals surface area contributed by atoms with Gasteiger partial charge in [-0.25, -0.2) is 0 Å². The fraction of sp³-hybridized carbons (Fsp3) is 0.562. The number of nitrogen functional groups attached to an aromatic ring is 1. The number of benzene rings is 1. The van der Waals surface area contributed by atoms with Gasteiger partial charge in [-0.15, -0.1) is 0 Å². The first-order chi connectivity index (χ1) is 10.0. The molecule has 1 fully saturated rings. The number of piperidine rings is 1. The quantitative estimate of drug-likeness (QED) is 0.637. The van der Waals surface area contributed by atoms with Crippen LogP contribution in [0, 0.1) is 5.41 Å². The van der Waals surface area contributed by atoms with Crippen molar-refractivity contribution in [3.63, 3.8) is 0 Å². The van der Waals surface area contributed by atoms with Crippen LogP contribution in [0.4, 0.5) is 0 Å². The van der Waals surface area contributed by atoms with Crippen molar-refractivity contribution in [1.82, 2.24) is 9.80 Å². The maximum absolute atomic E-state index is 7.57. The maximum Gasteiger partial charge on any atom is 0.123 e. The van der Waals surface area contributed by atoms with Crippen LogP contribution in [-0.4, -0.2) is 56.0 Å². The van der Waals surface area contributed by atoms with Crippen LogP contribution in [0.25, 0.3) is 0 Å². The molecule has 0 amide bonds. The van der Waals surface area contributed by atoms with E-state index in [1.807, 2.05) is 18.2 Å². The standard InChI is InChI=1S/C16H26N4O/c1-19(2)14-6-8-20(9-7-14)11-13-10-12(16(17)18)4-5-15(13)21-3/h4-5,10,14H,6-9,11H2,1-3H3,(H3,17,18). The Balaban J connectivity index is 2.05. The minimum Gasteiger partial charge on any atom is -0.496 e. The minimum absolute atomic E-state index is 0.102. The highest BCUT2D eigenvalue weighted by atomic mass is 16.5. The molecule has 0 spiro atoms. The lowest BCUT2D eigenvalue weighted by Crippen LogP contribution is -2.41. The largest absolute Gasteiger partial charge is 0.496 e. The van der Waals surface area contributed by atoms with E-state index < -0.39 is 0 Å². The molecule has 3 N–H and O–H groups in total. The third kappa shape index (κ3) is 3.95. The van der Waals surface area contributed by atoms with Crippen LogP contribution in [0.15, 0.2) is 18.2 Å². The summed E-state index contributed by atoms with van der Waals surface area (Å²) in [5.41, 5.74) is 7.45. The van der Waals surface area contributed by atoms with Crippen LogP contribution >= 0.6 is 0 Å². The van der Waals surface area contributed by atoms with Crippen LogP contribution in [-0.2, 0) is 6.54 Å². The van der Waals surface area contributed by atoms with E-state index in [1.165, 1.54) is 12.8 Å². The first-order valence-electron chi connectivity index (χ1n) is 7.41. The van der Waals surface area contributed by atoms with Crippen molar-refractivity contribution in [3.8, 4) is 5.75 Å². The predicted molar refractivity (Wildman–Crippen MR) is 86.0 cm³/mol. The van der Waals surface area contributed by atoms with E-state index in [-0.39, 0.29) is 5.84 Å². The molecule has 0 bridgehead atoms. The summed E-state index contributed by atoms with van der Waals surface area (Å²) in [6, 6.07) is 6.40. The van der Waals surface area contributed by atoms with E-state index in [2.05, 4.69) is 23.9 Å². The number of amidine groups is 1. The highest BCUT2D eigenvalue weighted by Gasteiger charge is 2.21. The Morgan fingerprint density at radius 3 is 2.57 bits per heavy atom. The van der Waals surface area contributed by atoms with Gasteiger partial charge in [0.1, 0.15) is 11.6 Å². The average molecular weight is 290 g/mol. The van der Waals surface area contributed by atoms with Gasteiger partial charge in [0.25, 0.3) is 0 Å². The van der Waals surface area contributed by atoms with E-state index in [0.717, 1.165) is 36.5 Å². The number of ether oxygens (including phenoxy) is 1. The summed E-state index contributed by atoms with van der Waals surface area (Å²) in [6.45, 7) is 3.04. The summed E-state index contributed by atoms with van der Waals surface area (Å²) in [5, 5.41) is 7.57. The second-order valence-corrected chi connectivity index (χ2v) is 5.91. The van der Waals surface area contributed by atoms with Crippen LogP contribution in [0.1, 0.15) is 24.0 Å². The molecule has 5 nitrogen and oxygen atoms in total. The SMILES string of the molecule is COc1ccc(C(=N)N)cc1CN1CCC(N(C)C)CC1. The maximum atomic E-state index is 7.57. The second-order valence-electron chi connectivity index (χ2n) is 5.91. The second kappa shape index (κ2) is 6.91. The molecule has 116 valence electrons. The lowest BCUT2D eigenvalue weighted by molar-refractivity contribution is 0.139. The normalized spacial score (nSPS) is 17.1. The van der Waals surface area contributed by atoms with Crippen LogP contribution in [0.3, 0.4) is 0 Å². The Bertz CT molecular complexity index is 493. The van der Waals surface area contributed by atoms with Gasteiger partial charge in [-0.3, -0.25) is 10.3 Å². The molecular formula is C16H26N4O. The van der Waals surface area contributed by atoms with Crippen molar-refractivity contribution < 1.29 is 4.74 Å². The Labute approximate surface area is 127 Å². The van der Waals surface area contributed by atoms with Gasteiger partial charge in [-0.2, -0.15) is 0 Å². The summed E-state index contributed by atoms with van der Waals surface area (Å²) in [5.74, 6) is 0.972. The molecule has 21 heavy (non-hydrogen) atoms. The van der Waals surface area contributed by atoms with Crippen molar-refractivity contribution in [2.75, 3.05) is 34.3 Å². The zero-order valence-corrected chi connectivity index (χ0v) is 13.2. The third-order valence-corrected chi connectivity index (χ3v) is 4.27. The molecule has 0 aliphatic carbocycles. The van der Waals surface area contributed by atoms with E-state index in [0.29, 0.717) is 6.04 Å². The first-order valence-corrected chi connectivity index (χ1v) is 7.41. The molecule has 1 heterocycles. The first kappa shape index (κ1) is 15.8. The Morgan fingerprint density at radius 1 is 1.38 bits per heavy atom. The van der Waals surface area contributed by atoms with E-state index in [4.69, 9.17) is 15.9 Å². The number of nitrogens with two attached hydrogens (primary N) is 1. The van der Waals surface area contributed by atoms with Crippen LogP contribution < -0.4 is 10.5 Å². The predicted octanol–water partition coefficient (Wildman–Crippen LogP) is 1.51. The Morgan fingerprint density at radius 2 is 2.05 bits per heavy atom. The lowest BCUT2D eigenvalue weighted by Gasteiger charge is -2.35. The van der Waals surface area contributed by atoms with Gasteiger partial charge in [0, 0.05) is 23.7 Å². The number of methoxy groups -OCH3 is 1. The zero-order chi connectivity index (χ0) is 15.4. The van der Waals surface area contributed by atoms with E-state index >= 15 is 0 Å². The number of hydrogen-bond donors (Lipinski definition) is 2. The topological polar surface area (TPSA) is 65.6 Å². The summed E-state index contributed by atoms with van der Waals surface area (Å²) in [6.07, 6.45) is 2.39. The molecular weight excluding hydrogens is 264 g/mol. The third-order valence-electron chi connectivity index (χ3n) is 4.27. The average Bonchev–Trinajstić information content (AvgIpc) is 2.47. The minimum atomic E-state index is 0.102. The molecule has 0 saturated carbocycles. The number of nitrogens with zero attached hydrogens (tertiary/aromatic N) is 2. The fourth-order valence-electron chi connectivity index (χ4n) is 2.90. The Kier molecular flexibility index (Phi) is 5.20. The molecule has 5 heteroatoms. The summed E-state index contributed by atoms with van der Waals surface area (Å²) in [4.78, 5) is 4.76. The van der Waals surface area contributed by atoms with Gasteiger partial charge in [0.2, 0.25) is 0 Å². The molecule has 1 aliphatic rings. The van der Waals surface area contributed by atoms with Crippen molar-refractivity contribution >= 4 is 5.84 Å². The summed E-state index contributed by atoms with van der Waals surface area (Å²) >= 11 is 0. The molecule has 1 aliphatic heterocycles. The summed E-state index contributed by atoms with van der Waals surface area (Å²) in [7, 11) is 5.99. The van der Waals surface area contributed by atoms with Crippen molar-refractivity contribution in [1.29, 1.82) is 5.41 Å². The van der Waals surface area contributed by atoms with E-state index in [9.17, 15) is 0 Å². The number of likely N-dealkylation sites (tertiary alicyclic amines) is 1. The highest BCUT2D eigenvalue weighted by Crippen LogP contribution is 2.24. The van der Waals surface area contributed by atoms with Gasteiger partial charge in [0.05, 0.1) is 7.11 Å². The molecule has 1 aromatic rings. The molecule has 0 aromatic heterocycles. The molecule has 2 rings (SSSR count). The van der Waals surface area contributed by atoms with Gasteiger partial charge in [-0.05, 0) is 58.2 Å². The highest BCUT2D eigenvalue weighted by molar-refractivity contribution is 5.95. The molecule has 1 saturated heterocycles. The van der Waals surface area contributed by atoms with Crippen LogP contribution in [0.2, 0.25) is 0 Å². The fourth-order valence-corrected chi connectivity index (χ4v) is 2.90. The zero-order valence-electron chi connectivity index (χ0n) is 13.2. The number of hydrogen-bond acceptors (Lipinski definition) is 4. The molecule has 0 atom stereocenters. The van der Waals surface area contributed by atoms with E-state index in [1.54, 1.807) is 7.11 Å². The van der Waals surface area contributed by atoms with Gasteiger partial charge in [0.15, 0.2) is 0 Å². The van der Waals surface area contributed by atoms with Crippen molar-refractivity contribution in [3.05, 3.63) is 29.3 Å². The molecule has 0 radical (unpaired) electrons. The van der Waals surface area contributed by atoms with Gasteiger partial charge < -0.3 is 15.4 Å². The monoisotopic (exact) mass is 290 g/mol. The Hall–Kier alpha value is -1.59. The number of nitrogens with one attached hydrogen (secondary N) is 1. The van der Waals surface area contributed by atoms with Crippen LogP contribution in [0.5, 0.6) is 5.75 Å². The van der Waals surface area contributed by atoms with Gasteiger partial charge >= 0.3 is 0 Å². The van der Waals surface area contributed by atoms with Crippen molar-refractivity contribution in [2.24, 2.45) is 5.73 Å². The molecule has 1 aromatic carbocycles. The van der Waals surface area contributed by atoms with Gasteiger partial charge in [-0.1, -0.05) is 0 Å². The van der Waals surface area contributed by atoms with Crippen molar-refractivity contribution in [2.45, 2.75) is 25.4 Å².